The van der Waals surface area contributed by atoms with E-state index in [1.165, 1.54) is 37.7 Å². The molecule has 30 heavy (non-hydrogen) atoms. The standard InChI is InChI=1S/C24H27NO5/c26-22(19-10-8-18(9-11-19)17-5-2-1-3-6-17)16-30-24(28)20-13-23(27)25(14-20)15-21-7-4-12-29-21/h4,7-12,17,20H,1-3,5-6,13-16H2/t20-/m1/s1. The zero-order valence-corrected chi connectivity index (χ0v) is 17.0. The summed E-state index contributed by atoms with van der Waals surface area (Å²) in [5.74, 6) is -0.131. The predicted octanol–water partition coefficient (Wildman–Crippen LogP) is 4.10. The molecule has 1 aliphatic heterocycles. The van der Waals surface area contributed by atoms with E-state index in [0.717, 1.165) is 0 Å². The van der Waals surface area contributed by atoms with E-state index in [-0.39, 0.29) is 31.3 Å². The summed E-state index contributed by atoms with van der Waals surface area (Å²) in [6.45, 7) is 0.314. The van der Waals surface area contributed by atoms with Gasteiger partial charge in [0.15, 0.2) is 12.4 Å². The molecule has 1 amide bonds. The second-order valence-corrected chi connectivity index (χ2v) is 8.24. The van der Waals surface area contributed by atoms with Gasteiger partial charge >= 0.3 is 5.97 Å². The van der Waals surface area contributed by atoms with Gasteiger partial charge in [-0.25, -0.2) is 0 Å². The first-order chi connectivity index (χ1) is 14.6. The Balaban J connectivity index is 1.26. The van der Waals surface area contributed by atoms with Crippen LogP contribution in [0.5, 0.6) is 0 Å². The zero-order chi connectivity index (χ0) is 20.9. The number of rotatable bonds is 7. The van der Waals surface area contributed by atoms with Gasteiger partial charge in [0.2, 0.25) is 5.91 Å². The number of amides is 1. The fourth-order valence-corrected chi connectivity index (χ4v) is 4.39. The number of ether oxygens (including phenoxy) is 1. The zero-order valence-electron chi connectivity index (χ0n) is 17.0. The molecule has 1 aliphatic carbocycles. The minimum atomic E-state index is -0.547. The van der Waals surface area contributed by atoms with Gasteiger partial charge in [0, 0.05) is 18.5 Å². The van der Waals surface area contributed by atoms with E-state index in [1.54, 1.807) is 23.3 Å². The Morgan fingerprint density at radius 1 is 1.07 bits per heavy atom. The van der Waals surface area contributed by atoms with Crippen molar-refractivity contribution in [2.24, 2.45) is 5.92 Å². The van der Waals surface area contributed by atoms with E-state index >= 15 is 0 Å². The van der Waals surface area contributed by atoms with Crippen LogP contribution >= 0.6 is 0 Å². The lowest BCUT2D eigenvalue weighted by Gasteiger charge is -2.22. The van der Waals surface area contributed by atoms with Crippen LogP contribution in [0.4, 0.5) is 0 Å². The third-order valence-corrected chi connectivity index (χ3v) is 6.13. The number of furan rings is 1. The van der Waals surface area contributed by atoms with Crippen molar-refractivity contribution in [1.82, 2.24) is 4.90 Å². The van der Waals surface area contributed by atoms with Gasteiger partial charge in [0.05, 0.1) is 18.7 Å². The first kappa shape index (κ1) is 20.4. The molecule has 0 radical (unpaired) electrons. The molecule has 2 aliphatic rings. The largest absolute Gasteiger partial charge is 0.467 e. The average Bonchev–Trinajstić information content (AvgIpc) is 3.43. The summed E-state index contributed by atoms with van der Waals surface area (Å²) in [5, 5.41) is 0. The molecule has 1 atom stereocenters. The van der Waals surface area contributed by atoms with Gasteiger partial charge in [0.25, 0.3) is 0 Å². The van der Waals surface area contributed by atoms with E-state index in [2.05, 4.69) is 0 Å². The fourth-order valence-electron chi connectivity index (χ4n) is 4.39. The van der Waals surface area contributed by atoms with Gasteiger partial charge in [-0.1, -0.05) is 43.5 Å². The van der Waals surface area contributed by atoms with Crippen molar-refractivity contribution < 1.29 is 23.5 Å². The van der Waals surface area contributed by atoms with Crippen LogP contribution in [-0.4, -0.2) is 35.7 Å². The third kappa shape index (κ3) is 4.81. The number of Topliss-reactive ketones (excluding diaryl/α,β-unsaturated/α-hetero) is 1. The molecule has 0 bridgehead atoms. The van der Waals surface area contributed by atoms with Crippen molar-refractivity contribution in [1.29, 1.82) is 0 Å². The first-order valence-corrected chi connectivity index (χ1v) is 10.7. The van der Waals surface area contributed by atoms with Crippen LogP contribution in [-0.2, 0) is 20.9 Å². The molecule has 2 heterocycles. The summed E-state index contributed by atoms with van der Waals surface area (Å²) < 4.78 is 10.5. The molecule has 0 unspecified atom stereocenters. The Morgan fingerprint density at radius 3 is 2.53 bits per heavy atom. The molecule has 6 heteroatoms. The Bertz CT molecular complexity index is 881. The maximum Gasteiger partial charge on any atom is 0.311 e. The smallest absolute Gasteiger partial charge is 0.311 e. The summed E-state index contributed by atoms with van der Waals surface area (Å²) in [4.78, 5) is 38.5. The molecule has 1 aromatic carbocycles. The quantitative estimate of drug-likeness (QED) is 0.508. The van der Waals surface area contributed by atoms with Crippen LogP contribution in [0, 0.1) is 5.92 Å². The topological polar surface area (TPSA) is 76.8 Å². The maximum absolute atomic E-state index is 12.4. The summed E-state index contributed by atoms with van der Waals surface area (Å²) >= 11 is 0. The predicted molar refractivity (Wildman–Crippen MR) is 110 cm³/mol. The van der Waals surface area contributed by atoms with E-state index in [0.29, 0.717) is 23.8 Å². The summed E-state index contributed by atoms with van der Waals surface area (Å²) in [5.41, 5.74) is 1.83. The van der Waals surface area contributed by atoms with Gasteiger partial charge in [-0.05, 0) is 36.5 Å². The number of carbonyl (C=O) groups excluding carboxylic acids is 3. The number of benzene rings is 1. The van der Waals surface area contributed by atoms with E-state index in [4.69, 9.17) is 9.15 Å². The third-order valence-electron chi connectivity index (χ3n) is 6.13. The van der Waals surface area contributed by atoms with Crippen LogP contribution in [0.3, 0.4) is 0 Å². The molecule has 1 aromatic heterocycles. The summed E-state index contributed by atoms with van der Waals surface area (Å²) in [6.07, 6.45) is 7.92. The summed E-state index contributed by atoms with van der Waals surface area (Å²) in [6, 6.07) is 11.2. The number of ketones is 1. The summed E-state index contributed by atoms with van der Waals surface area (Å²) in [7, 11) is 0. The van der Waals surface area contributed by atoms with Gasteiger partial charge in [-0.2, -0.15) is 0 Å². The highest BCUT2D eigenvalue weighted by atomic mass is 16.5. The van der Waals surface area contributed by atoms with Gasteiger partial charge in [0.1, 0.15) is 5.76 Å². The molecule has 158 valence electrons. The van der Waals surface area contributed by atoms with Crippen LogP contribution in [0.1, 0.15) is 66.1 Å². The molecular formula is C24H27NO5. The number of hydrogen-bond acceptors (Lipinski definition) is 5. The number of esters is 1. The number of likely N-dealkylation sites (tertiary alicyclic amines) is 1. The number of carbonyl (C=O) groups is 3. The van der Waals surface area contributed by atoms with E-state index in [9.17, 15) is 14.4 Å². The Kier molecular flexibility index (Phi) is 6.31. The van der Waals surface area contributed by atoms with Crippen molar-refractivity contribution in [2.45, 2.75) is 51.0 Å². The van der Waals surface area contributed by atoms with E-state index < -0.39 is 11.9 Å². The molecule has 6 nitrogen and oxygen atoms in total. The highest BCUT2D eigenvalue weighted by Gasteiger charge is 2.36. The fraction of sp³-hybridized carbons (Fsp3) is 0.458. The van der Waals surface area contributed by atoms with Gasteiger partial charge < -0.3 is 14.1 Å². The molecule has 1 saturated heterocycles. The van der Waals surface area contributed by atoms with Crippen molar-refractivity contribution in [3.63, 3.8) is 0 Å². The Morgan fingerprint density at radius 2 is 1.83 bits per heavy atom. The molecular weight excluding hydrogens is 382 g/mol. The first-order valence-electron chi connectivity index (χ1n) is 10.7. The SMILES string of the molecule is O=C(COC(=O)[C@@H]1CC(=O)N(Cc2ccco2)C1)c1ccc(C2CCCCC2)cc1. The van der Waals surface area contributed by atoms with Crippen molar-refractivity contribution >= 4 is 17.7 Å². The highest BCUT2D eigenvalue weighted by molar-refractivity contribution is 5.98. The molecule has 4 rings (SSSR count). The lowest BCUT2D eigenvalue weighted by atomic mass is 9.84. The van der Waals surface area contributed by atoms with Crippen LogP contribution in [0.25, 0.3) is 0 Å². The van der Waals surface area contributed by atoms with Gasteiger partial charge in [-0.15, -0.1) is 0 Å². The van der Waals surface area contributed by atoms with E-state index in [1.807, 2.05) is 24.3 Å². The number of hydrogen-bond donors (Lipinski definition) is 0. The number of nitrogens with zero attached hydrogens (tertiary/aromatic N) is 1. The highest BCUT2D eigenvalue weighted by Crippen LogP contribution is 2.32. The molecule has 0 spiro atoms. The second-order valence-electron chi connectivity index (χ2n) is 8.24. The second kappa shape index (κ2) is 9.28. The van der Waals surface area contributed by atoms with Crippen molar-refractivity contribution in [2.75, 3.05) is 13.2 Å². The van der Waals surface area contributed by atoms with Crippen LogP contribution < -0.4 is 0 Å². The van der Waals surface area contributed by atoms with Crippen LogP contribution in [0.15, 0.2) is 47.1 Å². The normalized spacial score (nSPS) is 19.8. The Labute approximate surface area is 176 Å². The molecule has 1 saturated carbocycles. The maximum atomic E-state index is 12.4. The minimum absolute atomic E-state index is 0.101. The lowest BCUT2D eigenvalue weighted by Crippen LogP contribution is -2.27. The van der Waals surface area contributed by atoms with Gasteiger partial charge in [-0.3, -0.25) is 14.4 Å². The molecule has 0 N–H and O–H groups in total. The molecule has 2 aromatic rings. The lowest BCUT2D eigenvalue weighted by molar-refractivity contribution is -0.147. The van der Waals surface area contributed by atoms with Crippen molar-refractivity contribution in [3.05, 3.63) is 59.5 Å². The minimum Gasteiger partial charge on any atom is -0.467 e. The van der Waals surface area contributed by atoms with Crippen molar-refractivity contribution in [3.8, 4) is 0 Å². The Hall–Kier alpha value is -2.89. The van der Waals surface area contributed by atoms with Crippen LogP contribution in [0.2, 0.25) is 0 Å². The molecule has 2 fully saturated rings. The average molecular weight is 409 g/mol. The monoisotopic (exact) mass is 409 g/mol.